The first-order chi connectivity index (χ1) is 8.10. The maximum absolute atomic E-state index is 11.8. The Hall–Kier alpha value is -0.550. The lowest BCUT2D eigenvalue weighted by molar-refractivity contribution is -0.128. The minimum atomic E-state index is 0.109. The van der Waals surface area contributed by atoms with Crippen molar-refractivity contribution in [2.75, 3.05) is 25.0 Å². The van der Waals surface area contributed by atoms with Crippen molar-refractivity contribution in [1.29, 1.82) is 0 Å². The zero-order valence-electron chi connectivity index (χ0n) is 9.96. The van der Waals surface area contributed by atoms with Crippen molar-refractivity contribution in [2.45, 2.75) is 13.8 Å². The van der Waals surface area contributed by atoms with Crippen molar-refractivity contribution in [3.63, 3.8) is 0 Å². The second-order valence-electron chi connectivity index (χ2n) is 3.52. The summed E-state index contributed by atoms with van der Waals surface area (Å²) in [6.45, 7) is 5.76. The predicted octanol–water partition coefficient (Wildman–Crippen LogP) is 3.49. The van der Waals surface area contributed by atoms with Crippen molar-refractivity contribution >= 4 is 43.5 Å². The highest BCUT2D eigenvalue weighted by Gasteiger charge is 2.10. The highest BCUT2D eigenvalue weighted by atomic mass is 79.9. The van der Waals surface area contributed by atoms with E-state index in [2.05, 4.69) is 37.2 Å². The zero-order chi connectivity index (χ0) is 12.8. The van der Waals surface area contributed by atoms with Gasteiger partial charge < -0.3 is 10.2 Å². The summed E-state index contributed by atoms with van der Waals surface area (Å²) >= 11 is 6.90. The predicted molar refractivity (Wildman–Crippen MR) is 78.3 cm³/mol. The molecule has 1 N–H and O–H groups in total. The summed E-state index contributed by atoms with van der Waals surface area (Å²) in [6.07, 6.45) is 0. The van der Waals surface area contributed by atoms with Crippen molar-refractivity contribution in [3.05, 3.63) is 27.1 Å². The first-order valence-electron chi connectivity index (χ1n) is 5.55. The second-order valence-corrected chi connectivity index (χ2v) is 5.22. The van der Waals surface area contributed by atoms with Gasteiger partial charge in [-0.05, 0) is 57.8 Å². The molecule has 94 valence electrons. The average molecular weight is 364 g/mol. The number of carbonyl (C=O) groups excluding carboxylic acids is 1. The lowest BCUT2D eigenvalue weighted by Gasteiger charge is -2.19. The lowest BCUT2D eigenvalue weighted by Crippen LogP contribution is -2.35. The number of rotatable bonds is 5. The molecule has 1 amide bonds. The van der Waals surface area contributed by atoms with Crippen molar-refractivity contribution in [3.8, 4) is 0 Å². The molecule has 17 heavy (non-hydrogen) atoms. The van der Waals surface area contributed by atoms with Gasteiger partial charge in [-0.1, -0.05) is 6.07 Å². The van der Waals surface area contributed by atoms with Crippen LogP contribution in [-0.2, 0) is 4.79 Å². The molecule has 0 radical (unpaired) electrons. The van der Waals surface area contributed by atoms with Crippen molar-refractivity contribution in [1.82, 2.24) is 4.90 Å². The van der Waals surface area contributed by atoms with Gasteiger partial charge >= 0.3 is 0 Å². The third-order valence-electron chi connectivity index (χ3n) is 2.50. The van der Waals surface area contributed by atoms with E-state index in [1.807, 2.05) is 32.0 Å². The Labute approximate surface area is 119 Å². The van der Waals surface area contributed by atoms with E-state index in [0.717, 1.165) is 27.7 Å². The lowest BCUT2D eigenvalue weighted by atomic mass is 10.3. The largest absolute Gasteiger partial charge is 0.374 e. The van der Waals surface area contributed by atoms with Crippen LogP contribution in [-0.4, -0.2) is 30.4 Å². The molecule has 0 saturated carbocycles. The molecule has 1 aromatic rings. The fourth-order valence-corrected chi connectivity index (χ4v) is 2.80. The Morgan fingerprint density at radius 1 is 1.24 bits per heavy atom. The Kier molecular flexibility index (Phi) is 5.98. The molecule has 0 unspecified atom stereocenters. The number of benzene rings is 1. The van der Waals surface area contributed by atoms with Crippen LogP contribution in [0.1, 0.15) is 13.8 Å². The summed E-state index contributed by atoms with van der Waals surface area (Å²) in [5.41, 5.74) is 0.910. The smallest absolute Gasteiger partial charge is 0.241 e. The van der Waals surface area contributed by atoms with E-state index in [-0.39, 0.29) is 5.91 Å². The molecule has 0 saturated heterocycles. The molecule has 0 aliphatic carbocycles. The Morgan fingerprint density at radius 2 is 1.76 bits per heavy atom. The molecule has 1 rings (SSSR count). The van der Waals surface area contributed by atoms with E-state index < -0.39 is 0 Å². The standard InChI is InChI=1S/C12H16Br2N2O/c1-3-16(4-2)11(17)8-15-12-9(13)6-5-7-10(12)14/h5-7,15H,3-4,8H2,1-2H3. The van der Waals surface area contributed by atoms with Gasteiger partial charge in [0.25, 0.3) is 0 Å². The molecule has 3 nitrogen and oxygen atoms in total. The molecule has 0 bridgehead atoms. The van der Waals surface area contributed by atoms with Crippen LogP contribution < -0.4 is 5.32 Å². The summed E-state index contributed by atoms with van der Waals surface area (Å²) in [6, 6.07) is 5.81. The van der Waals surface area contributed by atoms with Crippen LogP contribution in [0, 0.1) is 0 Å². The number of halogens is 2. The van der Waals surface area contributed by atoms with Crippen LogP contribution in [0.4, 0.5) is 5.69 Å². The number of anilines is 1. The van der Waals surface area contributed by atoms with Gasteiger partial charge in [-0.2, -0.15) is 0 Å². The van der Waals surface area contributed by atoms with Crippen LogP contribution in [0.3, 0.4) is 0 Å². The van der Waals surface area contributed by atoms with E-state index in [1.165, 1.54) is 0 Å². The molecular formula is C12H16Br2N2O. The minimum Gasteiger partial charge on any atom is -0.374 e. The maximum atomic E-state index is 11.8. The maximum Gasteiger partial charge on any atom is 0.241 e. The van der Waals surface area contributed by atoms with Gasteiger partial charge in [-0.3, -0.25) is 4.79 Å². The third-order valence-corrected chi connectivity index (χ3v) is 3.82. The molecule has 0 heterocycles. The average Bonchev–Trinajstić information content (AvgIpc) is 2.30. The Balaban J connectivity index is 2.64. The van der Waals surface area contributed by atoms with Gasteiger partial charge in [0.15, 0.2) is 0 Å². The summed E-state index contributed by atoms with van der Waals surface area (Å²) in [7, 11) is 0. The SMILES string of the molecule is CCN(CC)C(=O)CNc1c(Br)cccc1Br. The van der Waals surface area contributed by atoms with E-state index in [4.69, 9.17) is 0 Å². The first kappa shape index (κ1) is 14.5. The van der Waals surface area contributed by atoms with Crippen LogP contribution in [0.25, 0.3) is 0 Å². The van der Waals surface area contributed by atoms with Crippen LogP contribution in [0.2, 0.25) is 0 Å². The van der Waals surface area contributed by atoms with Gasteiger partial charge in [0.05, 0.1) is 12.2 Å². The van der Waals surface area contributed by atoms with Gasteiger partial charge in [-0.15, -0.1) is 0 Å². The minimum absolute atomic E-state index is 0.109. The molecule has 1 aromatic carbocycles. The second kappa shape index (κ2) is 7.01. The van der Waals surface area contributed by atoms with E-state index in [1.54, 1.807) is 4.90 Å². The Bertz CT molecular complexity index is 372. The summed E-state index contributed by atoms with van der Waals surface area (Å²) in [4.78, 5) is 13.6. The van der Waals surface area contributed by atoms with Crippen molar-refractivity contribution in [2.24, 2.45) is 0 Å². The molecule has 0 aliphatic rings. The van der Waals surface area contributed by atoms with Gasteiger partial charge in [0.2, 0.25) is 5.91 Å². The molecule has 5 heteroatoms. The van der Waals surface area contributed by atoms with E-state index in [9.17, 15) is 4.79 Å². The Morgan fingerprint density at radius 3 is 2.24 bits per heavy atom. The number of nitrogens with one attached hydrogen (secondary N) is 1. The summed E-state index contributed by atoms with van der Waals surface area (Å²) in [5.74, 6) is 0.109. The molecule has 0 aliphatic heterocycles. The van der Waals surface area contributed by atoms with Crippen LogP contribution in [0.15, 0.2) is 27.1 Å². The topological polar surface area (TPSA) is 32.3 Å². The zero-order valence-corrected chi connectivity index (χ0v) is 13.1. The number of hydrogen-bond acceptors (Lipinski definition) is 2. The molecule has 0 atom stereocenters. The number of nitrogens with zero attached hydrogens (tertiary/aromatic N) is 1. The van der Waals surface area contributed by atoms with E-state index >= 15 is 0 Å². The van der Waals surface area contributed by atoms with E-state index in [0.29, 0.717) is 6.54 Å². The van der Waals surface area contributed by atoms with Crippen molar-refractivity contribution < 1.29 is 4.79 Å². The molecule has 0 spiro atoms. The molecular weight excluding hydrogens is 348 g/mol. The number of hydrogen-bond donors (Lipinski definition) is 1. The summed E-state index contributed by atoms with van der Waals surface area (Å²) < 4.78 is 1.89. The summed E-state index contributed by atoms with van der Waals surface area (Å²) in [5, 5.41) is 3.15. The van der Waals surface area contributed by atoms with Gasteiger partial charge in [0.1, 0.15) is 0 Å². The van der Waals surface area contributed by atoms with Gasteiger partial charge in [-0.25, -0.2) is 0 Å². The monoisotopic (exact) mass is 362 g/mol. The number of likely N-dealkylation sites (N-methyl/N-ethyl adjacent to an activating group) is 1. The number of carbonyl (C=O) groups is 1. The molecule has 0 fully saturated rings. The number of para-hydroxylation sites is 1. The third kappa shape index (κ3) is 4.00. The molecule has 0 aromatic heterocycles. The fraction of sp³-hybridized carbons (Fsp3) is 0.417. The van der Waals surface area contributed by atoms with Gasteiger partial charge in [0, 0.05) is 22.0 Å². The number of amides is 1. The van der Waals surface area contributed by atoms with Crippen LogP contribution >= 0.6 is 31.9 Å². The first-order valence-corrected chi connectivity index (χ1v) is 7.14. The highest BCUT2D eigenvalue weighted by molar-refractivity contribution is 9.11. The fourth-order valence-electron chi connectivity index (χ4n) is 1.52. The van der Waals surface area contributed by atoms with Crippen LogP contribution in [0.5, 0.6) is 0 Å². The normalized spacial score (nSPS) is 10.1. The highest BCUT2D eigenvalue weighted by Crippen LogP contribution is 2.30. The quantitative estimate of drug-likeness (QED) is 0.868.